The second-order valence-electron chi connectivity index (χ2n) is 0.372. The van der Waals surface area contributed by atoms with Gasteiger partial charge < -0.3 is 10.6 Å². The van der Waals surface area contributed by atoms with Crippen LogP contribution in [0.2, 0.25) is 0 Å². The summed E-state index contributed by atoms with van der Waals surface area (Å²) in [5, 5.41) is 7.00. The smallest absolute Gasteiger partial charge is 0.142 e. The van der Waals surface area contributed by atoms with Gasteiger partial charge in [0.2, 0.25) is 0 Å². The molecule has 0 aliphatic carbocycles. The van der Waals surface area contributed by atoms with Gasteiger partial charge in [-0.05, 0) is 6.08 Å². The highest BCUT2D eigenvalue weighted by Gasteiger charge is 1.38. The first-order chi connectivity index (χ1) is 2.91. The van der Waals surface area contributed by atoms with E-state index >= 15 is 0 Å². The van der Waals surface area contributed by atoms with Crippen molar-refractivity contribution >= 4 is 6.29 Å². The molecule has 0 atom stereocenters. The summed E-state index contributed by atoms with van der Waals surface area (Å²) in [5.74, 6) is 0. The van der Waals surface area contributed by atoms with Crippen LogP contribution in [-0.2, 0) is 4.79 Å². The van der Waals surface area contributed by atoms with Crippen LogP contribution < -0.4 is 0 Å². The number of allylic oxidation sites excluding steroid dienone is 1. The van der Waals surface area contributed by atoms with Gasteiger partial charge in [0.1, 0.15) is 6.29 Å². The van der Waals surface area contributed by atoms with Gasteiger partial charge in [0.15, 0.2) is 0 Å². The van der Waals surface area contributed by atoms with E-state index in [1.54, 1.807) is 0 Å². The number of hydrogen-bond donors (Lipinski definition) is 1. The summed E-state index contributed by atoms with van der Waals surface area (Å²) in [5.41, 5.74) is 0. The van der Waals surface area contributed by atoms with Crippen molar-refractivity contribution in [2.24, 2.45) is 0 Å². The molecule has 0 spiro atoms. The average molecular weight is 106 g/mol. The Bertz CT molecular complexity index is 27.9. The SMILES string of the molecule is C=CC=O.CO.O. The fraction of sp³-hybridized carbons (Fsp3) is 0.250. The number of rotatable bonds is 1. The van der Waals surface area contributed by atoms with Crippen molar-refractivity contribution in [3.05, 3.63) is 12.7 Å². The summed E-state index contributed by atoms with van der Waals surface area (Å²) in [6.45, 7) is 3.11. The van der Waals surface area contributed by atoms with Crippen molar-refractivity contribution in [2.45, 2.75) is 0 Å². The highest BCUT2D eigenvalue weighted by Crippen LogP contribution is 1.35. The molecule has 0 aliphatic rings. The molecular formula is C4H10O3. The Balaban J connectivity index is -0.0000000480. The summed E-state index contributed by atoms with van der Waals surface area (Å²) in [6.07, 6.45) is 1.83. The van der Waals surface area contributed by atoms with Gasteiger partial charge in [-0.25, -0.2) is 0 Å². The molecule has 0 rings (SSSR count). The lowest BCUT2D eigenvalue weighted by molar-refractivity contribution is -0.104. The minimum Gasteiger partial charge on any atom is -0.412 e. The van der Waals surface area contributed by atoms with E-state index in [-0.39, 0.29) is 5.48 Å². The van der Waals surface area contributed by atoms with E-state index in [1.165, 1.54) is 6.08 Å². The van der Waals surface area contributed by atoms with E-state index in [4.69, 9.17) is 9.90 Å². The zero-order valence-electron chi connectivity index (χ0n) is 4.22. The molecule has 0 aromatic rings. The highest BCUT2D eigenvalue weighted by molar-refractivity contribution is 5.63. The first-order valence-electron chi connectivity index (χ1n) is 1.42. The maximum Gasteiger partial charge on any atom is 0.142 e. The molecule has 3 nitrogen and oxygen atoms in total. The van der Waals surface area contributed by atoms with Crippen molar-refractivity contribution in [3.8, 4) is 0 Å². The summed E-state index contributed by atoms with van der Waals surface area (Å²) in [4.78, 5) is 9.06. The van der Waals surface area contributed by atoms with Crippen molar-refractivity contribution in [3.63, 3.8) is 0 Å². The van der Waals surface area contributed by atoms with E-state index in [9.17, 15) is 0 Å². The minimum absolute atomic E-state index is 0. The van der Waals surface area contributed by atoms with E-state index in [2.05, 4.69) is 6.58 Å². The molecule has 0 unspecified atom stereocenters. The molecule has 44 valence electrons. The van der Waals surface area contributed by atoms with E-state index in [0.29, 0.717) is 6.29 Å². The van der Waals surface area contributed by atoms with Crippen LogP contribution in [0.5, 0.6) is 0 Å². The van der Waals surface area contributed by atoms with Gasteiger partial charge >= 0.3 is 0 Å². The Morgan fingerprint density at radius 2 is 1.71 bits per heavy atom. The zero-order valence-corrected chi connectivity index (χ0v) is 4.22. The lowest BCUT2D eigenvalue weighted by atomic mass is 10.8. The molecule has 0 saturated heterocycles. The van der Waals surface area contributed by atoms with Crippen LogP contribution in [0.15, 0.2) is 12.7 Å². The van der Waals surface area contributed by atoms with Crippen LogP contribution in [0.25, 0.3) is 0 Å². The van der Waals surface area contributed by atoms with Crippen molar-refractivity contribution in [2.75, 3.05) is 7.11 Å². The minimum atomic E-state index is 0. The van der Waals surface area contributed by atoms with Gasteiger partial charge in [0, 0.05) is 7.11 Å². The van der Waals surface area contributed by atoms with Crippen LogP contribution in [0.3, 0.4) is 0 Å². The molecule has 0 fully saturated rings. The predicted molar refractivity (Wildman–Crippen MR) is 28.0 cm³/mol. The van der Waals surface area contributed by atoms with E-state index < -0.39 is 0 Å². The Labute approximate surface area is 42.6 Å². The molecule has 0 aromatic carbocycles. The maximum atomic E-state index is 9.06. The fourth-order valence-electron chi connectivity index (χ4n) is 0. The lowest BCUT2D eigenvalue weighted by Crippen LogP contribution is -1.44. The number of carbonyl (C=O) groups is 1. The normalized spacial score (nSPS) is 3.71. The first kappa shape index (κ1) is 16.2. The van der Waals surface area contributed by atoms with Gasteiger partial charge in [-0.15, -0.1) is 0 Å². The third-order valence-electron chi connectivity index (χ3n) is 0.0962. The molecule has 0 saturated carbocycles. The molecular weight excluding hydrogens is 96.0 g/mol. The maximum absolute atomic E-state index is 9.06. The number of aldehydes is 1. The molecule has 0 aromatic heterocycles. The van der Waals surface area contributed by atoms with E-state index in [0.717, 1.165) is 7.11 Å². The highest BCUT2D eigenvalue weighted by atomic mass is 16.2. The molecule has 0 aliphatic heterocycles. The topological polar surface area (TPSA) is 68.8 Å². The summed E-state index contributed by atoms with van der Waals surface area (Å²) < 4.78 is 0. The molecule has 7 heavy (non-hydrogen) atoms. The van der Waals surface area contributed by atoms with E-state index in [1.807, 2.05) is 0 Å². The fourth-order valence-corrected chi connectivity index (χ4v) is 0. The van der Waals surface area contributed by atoms with Gasteiger partial charge in [-0.1, -0.05) is 6.58 Å². The molecule has 0 bridgehead atoms. The van der Waals surface area contributed by atoms with Crippen LogP contribution in [0.4, 0.5) is 0 Å². The number of aliphatic hydroxyl groups is 1. The lowest BCUT2D eigenvalue weighted by Gasteiger charge is -1.37. The van der Waals surface area contributed by atoms with Crippen LogP contribution >= 0.6 is 0 Å². The Kier molecular flexibility index (Phi) is 131. The molecule has 3 N–H and O–H groups in total. The number of carbonyl (C=O) groups excluding carboxylic acids is 1. The summed E-state index contributed by atoms with van der Waals surface area (Å²) >= 11 is 0. The molecule has 0 radical (unpaired) electrons. The molecule has 3 heteroatoms. The Hall–Kier alpha value is -0.670. The van der Waals surface area contributed by atoms with Gasteiger partial charge in [0.05, 0.1) is 0 Å². The van der Waals surface area contributed by atoms with Crippen molar-refractivity contribution < 1.29 is 15.4 Å². The predicted octanol–water partition coefficient (Wildman–Crippen LogP) is -0.845. The standard InChI is InChI=1S/C3H4O.CH4O.H2O/c1-2-3-4;1-2;/h2-3H,1H2;2H,1H3;1H2. The third-order valence-corrected chi connectivity index (χ3v) is 0.0962. The van der Waals surface area contributed by atoms with Crippen LogP contribution in [-0.4, -0.2) is 24.0 Å². The van der Waals surface area contributed by atoms with Crippen LogP contribution in [0, 0.1) is 0 Å². The van der Waals surface area contributed by atoms with Gasteiger partial charge in [-0.3, -0.25) is 4.79 Å². The first-order valence-corrected chi connectivity index (χ1v) is 1.42. The summed E-state index contributed by atoms with van der Waals surface area (Å²) in [6, 6.07) is 0. The zero-order chi connectivity index (χ0) is 5.41. The number of hydrogen-bond acceptors (Lipinski definition) is 2. The number of aliphatic hydroxyl groups excluding tert-OH is 1. The van der Waals surface area contributed by atoms with Crippen molar-refractivity contribution in [1.82, 2.24) is 0 Å². The second-order valence-corrected chi connectivity index (χ2v) is 0.372. The monoisotopic (exact) mass is 106 g/mol. The van der Waals surface area contributed by atoms with Gasteiger partial charge in [0.25, 0.3) is 0 Å². The van der Waals surface area contributed by atoms with Crippen LogP contribution in [0.1, 0.15) is 0 Å². The third kappa shape index (κ3) is 543. The Morgan fingerprint density at radius 3 is 1.71 bits per heavy atom. The molecule has 0 amide bonds. The Morgan fingerprint density at radius 1 is 1.57 bits per heavy atom. The summed E-state index contributed by atoms with van der Waals surface area (Å²) in [7, 11) is 1.00. The second kappa shape index (κ2) is 56.5. The molecule has 0 heterocycles. The average Bonchev–Trinajstić information content (AvgIpc) is 1.72. The van der Waals surface area contributed by atoms with Crippen molar-refractivity contribution in [1.29, 1.82) is 0 Å². The van der Waals surface area contributed by atoms with Gasteiger partial charge in [-0.2, -0.15) is 0 Å². The largest absolute Gasteiger partial charge is 0.412 e. The quantitative estimate of drug-likeness (QED) is 0.349.